The summed E-state index contributed by atoms with van der Waals surface area (Å²) in [6, 6.07) is 6.40. The Morgan fingerprint density at radius 3 is 2.62 bits per heavy atom. The maximum atomic E-state index is 8.88. The zero-order valence-corrected chi connectivity index (χ0v) is 8.54. The molecule has 0 bridgehead atoms. The first-order valence-electron chi connectivity index (χ1n) is 4.49. The molecule has 0 spiro atoms. The average Bonchev–Trinajstić information content (AvgIpc) is 2.11. The Hall–Kier alpha value is -0.860. The van der Waals surface area contributed by atoms with Crippen LogP contribution in [0.4, 0.5) is 0 Å². The highest BCUT2D eigenvalue weighted by Gasteiger charge is 2.01. The SMILES string of the molecule is Cc1ccc(C)c(CN(C)CO)c1. The summed E-state index contributed by atoms with van der Waals surface area (Å²) in [5.74, 6) is 0. The third-order valence-corrected chi connectivity index (χ3v) is 2.19. The molecule has 1 N–H and O–H groups in total. The molecule has 1 aromatic rings. The first kappa shape index (κ1) is 10.2. The van der Waals surface area contributed by atoms with Gasteiger partial charge in [-0.1, -0.05) is 23.8 Å². The van der Waals surface area contributed by atoms with E-state index in [-0.39, 0.29) is 6.73 Å². The lowest BCUT2D eigenvalue weighted by molar-refractivity contribution is 0.127. The first-order valence-corrected chi connectivity index (χ1v) is 4.49. The van der Waals surface area contributed by atoms with Gasteiger partial charge in [0.2, 0.25) is 0 Å². The molecular weight excluding hydrogens is 162 g/mol. The maximum Gasteiger partial charge on any atom is 0.0956 e. The van der Waals surface area contributed by atoms with Crippen molar-refractivity contribution >= 4 is 0 Å². The Kier molecular flexibility index (Phi) is 3.46. The molecule has 0 aromatic heterocycles. The smallest absolute Gasteiger partial charge is 0.0956 e. The minimum Gasteiger partial charge on any atom is -0.381 e. The van der Waals surface area contributed by atoms with Crippen molar-refractivity contribution in [3.8, 4) is 0 Å². The number of aryl methyl sites for hydroxylation is 2. The number of aliphatic hydroxyl groups is 1. The molecule has 0 aliphatic heterocycles. The molecule has 0 fully saturated rings. The van der Waals surface area contributed by atoms with Crippen LogP contribution in [0.3, 0.4) is 0 Å². The van der Waals surface area contributed by atoms with Gasteiger partial charge < -0.3 is 5.11 Å². The summed E-state index contributed by atoms with van der Waals surface area (Å²) in [4.78, 5) is 1.88. The topological polar surface area (TPSA) is 23.5 Å². The van der Waals surface area contributed by atoms with Crippen molar-refractivity contribution in [1.29, 1.82) is 0 Å². The van der Waals surface area contributed by atoms with Crippen LogP contribution >= 0.6 is 0 Å². The van der Waals surface area contributed by atoms with Gasteiger partial charge in [-0.3, -0.25) is 4.90 Å². The molecule has 2 heteroatoms. The van der Waals surface area contributed by atoms with Crippen LogP contribution in [0.5, 0.6) is 0 Å². The lowest BCUT2D eigenvalue weighted by Crippen LogP contribution is -2.19. The van der Waals surface area contributed by atoms with Crippen molar-refractivity contribution in [2.75, 3.05) is 13.8 Å². The number of hydrogen-bond donors (Lipinski definition) is 1. The largest absolute Gasteiger partial charge is 0.381 e. The third kappa shape index (κ3) is 2.83. The Balaban J connectivity index is 2.81. The second kappa shape index (κ2) is 4.40. The minimum atomic E-state index is 0.105. The number of hydrogen-bond acceptors (Lipinski definition) is 2. The summed E-state index contributed by atoms with van der Waals surface area (Å²) in [5, 5.41) is 8.88. The van der Waals surface area contributed by atoms with E-state index in [4.69, 9.17) is 5.11 Å². The fourth-order valence-corrected chi connectivity index (χ4v) is 1.31. The standard InChI is InChI=1S/C11H17NO/c1-9-4-5-10(2)11(6-9)7-12(3)8-13/h4-6,13H,7-8H2,1-3H3. The summed E-state index contributed by atoms with van der Waals surface area (Å²) in [7, 11) is 1.90. The van der Waals surface area contributed by atoms with Crippen LogP contribution in [0.2, 0.25) is 0 Å². The van der Waals surface area contributed by atoms with E-state index in [1.165, 1.54) is 16.7 Å². The Bertz CT molecular complexity index is 283. The van der Waals surface area contributed by atoms with Gasteiger partial charge in [-0.15, -0.1) is 0 Å². The molecular formula is C11H17NO. The van der Waals surface area contributed by atoms with Gasteiger partial charge >= 0.3 is 0 Å². The molecule has 0 unspecified atom stereocenters. The summed E-state index contributed by atoms with van der Waals surface area (Å²) >= 11 is 0. The molecule has 1 rings (SSSR count). The highest BCUT2D eigenvalue weighted by molar-refractivity contribution is 5.30. The van der Waals surface area contributed by atoms with Crippen LogP contribution in [0.1, 0.15) is 16.7 Å². The monoisotopic (exact) mass is 179 g/mol. The van der Waals surface area contributed by atoms with Crippen LogP contribution < -0.4 is 0 Å². The molecule has 0 aliphatic carbocycles. The maximum absolute atomic E-state index is 8.88. The van der Waals surface area contributed by atoms with E-state index in [0.717, 1.165) is 6.54 Å². The van der Waals surface area contributed by atoms with Gasteiger partial charge in [0.1, 0.15) is 0 Å². The fraction of sp³-hybridized carbons (Fsp3) is 0.455. The van der Waals surface area contributed by atoms with Crippen molar-refractivity contribution in [1.82, 2.24) is 4.90 Å². The highest BCUT2D eigenvalue weighted by atomic mass is 16.3. The van der Waals surface area contributed by atoms with E-state index in [9.17, 15) is 0 Å². The van der Waals surface area contributed by atoms with Crippen LogP contribution in [-0.2, 0) is 6.54 Å². The predicted molar refractivity (Wildman–Crippen MR) is 54.5 cm³/mol. The number of rotatable bonds is 3. The second-order valence-corrected chi connectivity index (χ2v) is 3.59. The molecule has 0 amide bonds. The quantitative estimate of drug-likeness (QED) is 0.714. The van der Waals surface area contributed by atoms with E-state index in [2.05, 4.69) is 32.0 Å². The molecule has 1 aromatic carbocycles. The highest BCUT2D eigenvalue weighted by Crippen LogP contribution is 2.12. The Labute approximate surface area is 79.8 Å². The second-order valence-electron chi connectivity index (χ2n) is 3.59. The molecule has 0 heterocycles. The van der Waals surface area contributed by atoms with Gasteiger partial charge in [0.15, 0.2) is 0 Å². The van der Waals surface area contributed by atoms with Crippen LogP contribution in [0.25, 0.3) is 0 Å². The minimum absolute atomic E-state index is 0.105. The molecule has 0 saturated carbocycles. The zero-order valence-electron chi connectivity index (χ0n) is 8.54. The van der Waals surface area contributed by atoms with Crippen LogP contribution in [-0.4, -0.2) is 23.8 Å². The third-order valence-electron chi connectivity index (χ3n) is 2.19. The van der Waals surface area contributed by atoms with E-state index in [1.807, 2.05) is 11.9 Å². The fourth-order valence-electron chi connectivity index (χ4n) is 1.31. The van der Waals surface area contributed by atoms with E-state index < -0.39 is 0 Å². The van der Waals surface area contributed by atoms with Gasteiger partial charge in [0, 0.05) is 6.54 Å². The van der Waals surface area contributed by atoms with Crippen LogP contribution in [0.15, 0.2) is 18.2 Å². The molecule has 2 nitrogen and oxygen atoms in total. The Morgan fingerprint density at radius 1 is 1.31 bits per heavy atom. The predicted octanol–water partition coefficient (Wildman–Crippen LogP) is 1.69. The van der Waals surface area contributed by atoms with Gasteiger partial charge in [-0.25, -0.2) is 0 Å². The van der Waals surface area contributed by atoms with Gasteiger partial charge in [0.25, 0.3) is 0 Å². The molecule has 0 radical (unpaired) electrons. The lowest BCUT2D eigenvalue weighted by atomic mass is 10.1. The van der Waals surface area contributed by atoms with Crippen molar-refractivity contribution < 1.29 is 5.11 Å². The summed E-state index contributed by atoms with van der Waals surface area (Å²) < 4.78 is 0. The average molecular weight is 179 g/mol. The van der Waals surface area contributed by atoms with E-state index in [1.54, 1.807) is 0 Å². The Morgan fingerprint density at radius 2 is 2.00 bits per heavy atom. The first-order chi connectivity index (χ1) is 6.13. The van der Waals surface area contributed by atoms with E-state index >= 15 is 0 Å². The molecule has 13 heavy (non-hydrogen) atoms. The summed E-state index contributed by atoms with van der Waals surface area (Å²) in [6.45, 7) is 5.10. The van der Waals surface area contributed by atoms with E-state index in [0.29, 0.717) is 0 Å². The van der Waals surface area contributed by atoms with Crippen molar-refractivity contribution in [2.24, 2.45) is 0 Å². The van der Waals surface area contributed by atoms with Crippen LogP contribution in [0, 0.1) is 13.8 Å². The lowest BCUT2D eigenvalue weighted by Gasteiger charge is -2.15. The van der Waals surface area contributed by atoms with Crippen molar-refractivity contribution in [3.05, 3.63) is 34.9 Å². The normalized spacial score (nSPS) is 10.8. The number of benzene rings is 1. The summed E-state index contributed by atoms with van der Waals surface area (Å²) in [5.41, 5.74) is 3.84. The number of aliphatic hydroxyl groups excluding tert-OH is 1. The van der Waals surface area contributed by atoms with Gasteiger partial charge in [-0.05, 0) is 32.0 Å². The molecule has 0 saturated heterocycles. The number of nitrogens with zero attached hydrogens (tertiary/aromatic N) is 1. The van der Waals surface area contributed by atoms with Crippen molar-refractivity contribution in [3.63, 3.8) is 0 Å². The molecule has 72 valence electrons. The van der Waals surface area contributed by atoms with Gasteiger partial charge in [-0.2, -0.15) is 0 Å². The molecule has 0 atom stereocenters. The summed E-state index contributed by atoms with van der Waals surface area (Å²) in [6.07, 6.45) is 0. The molecule has 0 aliphatic rings. The zero-order chi connectivity index (χ0) is 9.84. The van der Waals surface area contributed by atoms with Crippen molar-refractivity contribution in [2.45, 2.75) is 20.4 Å². The van der Waals surface area contributed by atoms with Gasteiger partial charge in [0.05, 0.1) is 6.73 Å².